The van der Waals surface area contributed by atoms with E-state index in [0.29, 0.717) is 35.8 Å². The van der Waals surface area contributed by atoms with Crippen LogP contribution in [0.3, 0.4) is 0 Å². The second-order valence-electron chi connectivity index (χ2n) is 5.67. The highest BCUT2D eigenvalue weighted by atomic mass is 16.1. The molecule has 0 aliphatic rings. The monoisotopic (exact) mass is 360 g/mol. The number of hydrogen-bond donors (Lipinski definition) is 2. The number of nitrogens with one attached hydrogen (secondary N) is 2. The van der Waals surface area contributed by atoms with Crippen molar-refractivity contribution in [2.75, 3.05) is 18.4 Å². The summed E-state index contributed by atoms with van der Waals surface area (Å²) in [5.74, 6) is 1.10. The fourth-order valence-corrected chi connectivity index (χ4v) is 2.52. The number of rotatable bonds is 6. The lowest BCUT2D eigenvalue weighted by molar-refractivity contribution is 0.0955. The summed E-state index contributed by atoms with van der Waals surface area (Å²) in [6, 6.07) is 10.7. The maximum Gasteiger partial charge on any atom is 0.251 e. The first-order chi connectivity index (χ1) is 13.3. The lowest BCUT2D eigenvalue weighted by Crippen LogP contribution is -2.28. The molecule has 1 aromatic carbocycles. The van der Waals surface area contributed by atoms with Gasteiger partial charge in [-0.25, -0.2) is 4.68 Å². The van der Waals surface area contributed by atoms with Crippen LogP contribution in [0, 0.1) is 0 Å². The zero-order valence-corrected chi connectivity index (χ0v) is 14.3. The third kappa shape index (κ3) is 3.87. The summed E-state index contributed by atoms with van der Waals surface area (Å²) < 4.78 is 1.63. The van der Waals surface area contributed by atoms with Crippen molar-refractivity contribution in [1.29, 1.82) is 0 Å². The predicted molar refractivity (Wildman–Crippen MR) is 99.5 cm³/mol. The van der Waals surface area contributed by atoms with Crippen LogP contribution in [0.2, 0.25) is 0 Å². The number of carbonyl (C=O) groups is 1. The Labute approximate surface area is 154 Å². The van der Waals surface area contributed by atoms with Crippen LogP contribution in [0.4, 0.5) is 5.82 Å². The van der Waals surface area contributed by atoms with Gasteiger partial charge >= 0.3 is 0 Å². The van der Waals surface area contributed by atoms with Crippen molar-refractivity contribution >= 4 is 22.8 Å². The summed E-state index contributed by atoms with van der Waals surface area (Å²) >= 11 is 0. The number of carbonyl (C=O) groups excluding carboxylic acids is 1. The van der Waals surface area contributed by atoms with Crippen molar-refractivity contribution in [3.05, 3.63) is 66.7 Å². The van der Waals surface area contributed by atoms with Gasteiger partial charge in [0, 0.05) is 43.4 Å². The van der Waals surface area contributed by atoms with Crippen LogP contribution >= 0.6 is 0 Å². The Bertz CT molecular complexity index is 1050. The molecule has 3 aromatic heterocycles. The van der Waals surface area contributed by atoms with Gasteiger partial charge in [0.2, 0.25) is 0 Å². The number of amides is 1. The van der Waals surface area contributed by atoms with Gasteiger partial charge in [-0.15, -0.1) is 10.2 Å². The lowest BCUT2D eigenvalue weighted by Gasteiger charge is -2.08. The molecule has 9 heteroatoms. The Morgan fingerprint density at radius 1 is 0.963 bits per heavy atom. The SMILES string of the molecule is O=C(NCCNc1ccc(-n2cccn2)nn1)c1ccc2nccnc2c1. The first-order valence-corrected chi connectivity index (χ1v) is 8.36. The van der Waals surface area contributed by atoms with Gasteiger partial charge in [-0.2, -0.15) is 5.10 Å². The molecule has 3 heterocycles. The van der Waals surface area contributed by atoms with Crippen molar-refractivity contribution in [3.8, 4) is 5.82 Å². The Morgan fingerprint density at radius 3 is 2.63 bits per heavy atom. The summed E-state index contributed by atoms with van der Waals surface area (Å²) in [5, 5.41) is 18.3. The minimum Gasteiger partial charge on any atom is -0.367 e. The van der Waals surface area contributed by atoms with Crippen molar-refractivity contribution < 1.29 is 4.79 Å². The van der Waals surface area contributed by atoms with Gasteiger partial charge < -0.3 is 10.6 Å². The van der Waals surface area contributed by atoms with E-state index in [9.17, 15) is 4.79 Å². The third-order valence-electron chi connectivity index (χ3n) is 3.84. The molecule has 0 radical (unpaired) electrons. The highest BCUT2D eigenvalue weighted by Crippen LogP contribution is 2.10. The number of aromatic nitrogens is 6. The van der Waals surface area contributed by atoms with Crippen LogP contribution in [0.15, 0.2) is 61.2 Å². The lowest BCUT2D eigenvalue weighted by atomic mass is 10.2. The molecule has 0 bridgehead atoms. The number of hydrogen-bond acceptors (Lipinski definition) is 7. The maximum absolute atomic E-state index is 12.3. The summed E-state index contributed by atoms with van der Waals surface area (Å²) in [6.45, 7) is 0.967. The van der Waals surface area contributed by atoms with Crippen LogP contribution in [-0.2, 0) is 0 Å². The molecular weight excluding hydrogens is 344 g/mol. The van der Waals surface area contributed by atoms with Gasteiger partial charge in [-0.1, -0.05) is 0 Å². The summed E-state index contributed by atoms with van der Waals surface area (Å²) in [7, 11) is 0. The quantitative estimate of drug-likeness (QED) is 0.501. The fourth-order valence-electron chi connectivity index (χ4n) is 2.52. The number of anilines is 1. The molecule has 1 amide bonds. The zero-order valence-electron chi connectivity index (χ0n) is 14.3. The topological polar surface area (TPSA) is 111 Å². The molecule has 4 rings (SSSR count). The summed E-state index contributed by atoms with van der Waals surface area (Å²) in [5.41, 5.74) is 2.00. The number of fused-ring (bicyclic) bond motifs is 1. The van der Waals surface area contributed by atoms with Gasteiger partial charge in [-0.05, 0) is 36.4 Å². The van der Waals surface area contributed by atoms with Gasteiger partial charge in [-0.3, -0.25) is 14.8 Å². The summed E-state index contributed by atoms with van der Waals surface area (Å²) in [4.78, 5) is 20.7. The molecule has 0 aliphatic heterocycles. The van der Waals surface area contributed by atoms with Crippen molar-refractivity contribution in [2.45, 2.75) is 0 Å². The molecule has 0 spiro atoms. The number of benzene rings is 1. The molecule has 0 saturated heterocycles. The fraction of sp³-hybridized carbons (Fsp3) is 0.111. The van der Waals surface area contributed by atoms with Crippen molar-refractivity contribution in [2.24, 2.45) is 0 Å². The Kier molecular flexibility index (Phi) is 4.64. The van der Waals surface area contributed by atoms with Crippen LogP contribution in [-0.4, -0.2) is 48.9 Å². The van der Waals surface area contributed by atoms with Gasteiger partial charge in [0.05, 0.1) is 11.0 Å². The Hall–Kier alpha value is -3.88. The molecule has 0 aliphatic carbocycles. The predicted octanol–water partition coefficient (Wildman–Crippen LogP) is 1.45. The smallest absolute Gasteiger partial charge is 0.251 e. The molecule has 9 nitrogen and oxygen atoms in total. The minimum atomic E-state index is -0.163. The molecule has 0 saturated carbocycles. The third-order valence-corrected chi connectivity index (χ3v) is 3.84. The maximum atomic E-state index is 12.3. The largest absolute Gasteiger partial charge is 0.367 e. The van der Waals surface area contributed by atoms with E-state index in [1.807, 2.05) is 18.2 Å². The molecule has 134 valence electrons. The second kappa shape index (κ2) is 7.56. The zero-order chi connectivity index (χ0) is 18.5. The van der Waals surface area contributed by atoms with Crippen molar-refractivity contribution in [1.82, 2.24) is 35.3 Å². The van der Waals surface area contributed by atoms with Gasteiger partial charge in [0.15, 0.2) is 5.82 Å². The van der Waals surface area contributed by atoms with E-state index in [1.54, 1.807) is 47.7 Å². The molecule has 4 aromatic rings. The highest BCUT2D eigenvalue weighted by molar-refractivity contribution is 5.97. The van der Waals surface area contributed by atoms with E-state index in [0.717, 1.165) is 5.52 Å². The van der Waals surface area contributed by atoms with Crippen LogP contribution in [0.1, 0.15) is 10.4 Å². The van der Waals surface area contributed by atoms with Crippen LogP contribution in [0.5, 0.6) is 0 Å². The summed E-state index contributed by atoms with van der Waals surface area (Å²) in [6.07, 6.45) is 6.70. The molecule has 0 atom stereocenters. The molecule has 2 N–H and O–H groups in total. The van der Waals surface area contributed by atoms with Gasteiger partial charge in [0.1, 0.15) is 5.82 Å². The average Bonchev–Trinajstić information content (AvgIpc) is 3.26. The molecular formula is C18H16N8O. The molecule has 0 unspecified atom stereocenters. The molecule has 0 fully saturated rings. The average molecular weight is 360 g/mol. The van der Waals surface area contributed by atoms with E-state index in [-0.39, 0.29) is 5.91 Å². The Balaban J connectivity index is 1.28. The highest BCUT2D eigenvalue weighted by Gasteiger charge is 2.07. The van der Waals surface area contributed by atoms with Crippen LogP contribution < -0.4 is 10.6 Å². The van der Waals surface area contributed by atoms with E-state index in [4.69, 9.17) is 0 Å². The minimum absolute atomic E-state index is 0.163. The van der Waals surface area contributed by atoms with Crippen LogP contribution in [0.25, 0.3) is 16.9 Å². The first kappa shape index (κ1) is 16.6. The first-order valence-electron chi connectivity index (χ1n) is 8.36. The van der Waals surface area contributed by atoms with Crippen molar-refractivity contribution in [3.63, 3.8) is 0 Å². The van der Waals surface area contributed by atoms with Gasteiger partial charge in [0.25, 0.3) is 5.91 Å². The Morgan fingerprint density at radius 2 is 1.85 bits per heavy atom. The van der Waals surface area contributed by atoms with E-state index < -0.39 is 0 Å². The second-order valence-corrected chi connectivity index (χ2v) is 5.67. The van der Waals surface area contributed by atoms with E-state index in [1.165, 1.54) is 0 Å². The number of nitrogens with zero attached hydrogens (tertiary/aromatic N) is 6. The van der Waals surface area contributed by atoms with E-state index >= 15 is 0 Å². The van der Waals surface area contributed by atoms with E-state index in [2.05, 4.69) is 35.9 Å². The molecule has 27 heavy (non-hydrogen) atoms. The normalized spacial score (nSPS) is 10.7. The standard InChI is InChI=1S/C18H16N8O/c27-18(13-2-3-14-15(12-13)20-8-7-19-14)22-10-9-21-16-4-5-17(25-24-16)26-11-1-6-23-26/h1-8,11-12H,9-10H2,(H,21,24)(H,22,27).